The average molecular weight is 262 g/mol. The van der Waals surface area contributed by atoms with Gasteiger partial charge in [-0.3, -0.25) is 0 Å². The van der Waals surface area contributed by atoms with Gasteiger partial charge < -0.3 is 9.80 Å². The SMILES string of the molecule is CCCCN1C=CN(C[n+]2ccn(CCCC)c2)[CH-]1. The Labute approximate surface area is 116 Å². The zero-order valence-corrected chi connectivity index (χ0v) is 12.2. The van der Waals surface area contributed by atoms with Crippen molar-refractivity contribution in [3.05, 3.63) is 37.8 Å². The van der Waals surface area contributed by atoms with Crippen LogP contribution in [0.15, 0.2) is 31.1 Å². The summed E-state index contributed by atoms with van der Waals surface area (Å²) in [7, 11) is 0. The molecule has 0 radical (unpaired) electrons. The van der Waals surface area contributed by atoms with Gasteiger partial charge in [0, 0.05) is 0 Å². The van der Waals surface area contributed by atoms with Crippen molar-refractivity contribution in [3.63, 3.8) is 0 Å². The predicted octanol–water partition coefficient (Wildman–Crippen LogP) is 2.54. The second-order valence-electron chi connectivity index (χ2n) is 5.18. The average Bonchev–Trinajstić information content (AvgIpc) is 3.04. The molecule has 0 amide bonds. The summed E-state index contributed by atoms with van der Waals surface area (Å²) in [6.07, 6.45) is 15.8. The Morgan fingerprint density at radius 3 is 2.53 bits per heavy atom. The molecule has 0 aliphatic carbocycles. The van der Waals surface area contributed by atoms with E-state index in [4.69, 9.17) is 0 Å². The molecule has 4 nitrogen and oxygen atoms in total. The highest BCUT2D eigenvalue weighted by molar-refractivity contribution is 4.94. The first kappa shape index (κ1) is 14.0. The lowest BCUT2D eigenvalue weighted by molar-refractivity contribution is -0.712. The second-order valence-corrected chi connectivity index (χ2v) is 5.18. The van der Waals surface area contributed by atoms with Crippen molar-refractivity contribution in [1.29, 1.82) is 0 Å². The normalized spacial score (nSPS) is 14.6. The topological polar surface area (TPSA) is 15.3 Å². The number of aryl methyl sites for hydroxylation is 1. The van der Waals surface area contributed by atoms with Crippen molar-refractivity contribution in [2.24, 2.45) is 0 Å². The van der Waals surface area contributed by atoms with E-state index in [1.807, 2.05) is 0 Å². The summed E-state index contributed by atoms with van der Waals surface area (Å²) in [4.78, 5) is 4.48. The van der Waals surface area contributed by atoms with E-state index in [0.29, 0.717) is 0 Å². The van der Waals surface area contributed by atoms with Gasteiger partial charge in [-0.15, -0.1) is 0 Å². The third-order valence-electron chi connectivity index (χ3n) is 3.36. The summed E-state index contributed by atoms with van der Waals surface area (Å²) in [5, 5.41) is 0. The molecular weight excluding hydrogens is 236 g/mol. The van der Waals surface area contributed by atoms with Crippen LogP contribution in [0.3, 0.4) is 0 Å². The van der Waals surface area contributed by atoms with E-state index >= 15 is 0 Å². The molecule has 0 N–H and O–H groups in total. The van der Waals surface area contributed by atoms with E-state index in [2.05, 4.69) is 70.6 Å². The highest BCUT2D eigenvalue weighted by Gasteiger charge is 2.06. The smallest absolute Gasteiger partial charge is 0.245 e. The van der Waals surface area contributed by atoms with Gasteiger partial charge in [-0.1, -0.05) is 26.7 Å². The van der Waals surface area contributed by atoms with Crippen LogP contribution in [0.4, 0.5) is 0 Å². The van der Waals surface area contributed by atoms with Gasteiger partial charge in [0.25, 0.3) is 0 Å². The monoisotopic (exact) mass is 262 g/mol. The molecule has 1 aliphatic heterocycles. The molecule has 0 saturated heterocycles. The number of imidazole rings is 1. The molecule has 4 heteroatoms. The van der Waals surface area contributed by atoms with Crippen LogP contribution in [-0.2, 0) is 13.2 Å². The molecule has 1 aliphatic rings. The molecule has 0 unspecified atom stereocenters. The molecule has 1 aromatic heterocycles. The lowest BCUT2D eigenvalue weighted by Crippen LogP contribution is -2.39. The minimum atomic E-state index is 0.887. The zero-order valence-electron chi connectivity index (χ0n) is 12.2. The summed E-state index contributed by atoms with van der Waals surface area (Å²) in [6.45, 7) is 9.76. The van der Waals surface area contributed by atoms with Crippen LogP contribution in [0.1, 0.15) is 39.5 Å². The van der Waals surface area contributed by atoms with Crippen LogP contribution in [0, 0.1) is 6.67 Å². The molecule has 0 bridgehead atoms. The van der Waals surface area contributed by atoms with Crippen molar-refractivity contribution < 1.29 is 4.57 Å². The van der Waals surface area contributed by atoms with E-state index in [1.54, 1.807) is 0 Å². The van der Waals surface area contributed by atoms with E-state index in [-0.39, 0.29) is 0 Å². The van der Waals surface area contributed by atoms with Crippen molar-refractivity contribution in [3.8, 4) is 0 Å². The summed E-state index contributed by atoms with van der Waals surface area (Å²) in [5.41, 5.74) is 0. The van der Waals surface area contributed by atoms with Crippen molar-refractivity contribution >= 4 is 0 Å². The van der Waals surface area contributed by atoms with E-state index in [9.17, 15) is 0 Å². The van der Waals surface area contributed by atoms with Gasteiger partial charge in [0.2, 0.25) is 6.33 Å². The fraction of sp³-hybridized carbons (Fsp3) is 0.600. The maximum atomic E-state index is 2.26. The second kappa shape index (κ2) is 7.22. The molecule has 2 heterocycles. The molecule has 106 valence electrons. The van der Waals surface area contributed by atoms with E-state index in [1.165, 1.54) is 25.7 Å². The maximum Gasteiger partial charge on any atom is 0.245 e. The van der Waals surface area contributed by atoms with Crippen LogP contribution in [0.2, 0.25) is 0 Å². The Balaban J connectivity index is 1.76. The molecule has 0 fully saturated rings. The number of rotatable bonds is 8. The minimum Gasteiger partial charge on any atom is -0.508 e. The van der Waals surface area contributed by atoms with Gasteiger partial charge in [0.05, 0.1) is 6.54 Å². The molecular formula is C15H26N4. The summed E-state index contributed by atoms with van der Waals surface area (Å²) < 4.78 is 4.48. The third kappa shape index (κ3) is 4.30. The molecule has 2 rings (SSSR count). The number of hydrogen-bond acceptors (Lipinski definition) is 2. The Morgan fingerprint density at radius 2 is 1.74 bits per heavy atom. The lowest BCUT2D eigenvalue weighted by atomic mass is 10.3. The quantitative estimate of drug-likeness (QED) is 0.528. The lowest BCUT2D eigenvalue weighted by Gasteiger charge is -2.32. The molecule has 0 saturated carbocycles. The predicted molar refractivity (Wildman–Crippen MR) is 76.4 cm³/mol. The first-order chi connectivity index (χ1) is 9.31. The number of unbranched alkanes of at least 4 members (excludes halogenated alkanes) is 2. The van der Waals surface area contributed by atoms with E-state index in [0.717, 1.165) is 19.8 Å². The number of hydrogen-bond donors (Lipinski definition) is 0. The number of nitrogens with zero attached hydrogens (tertiary/aromatic N) is 4. The molecule has 0 atom stereocenters. The van der Waals surface area contributed by atoms with Gasteiger partial charge in [-0.25, -0.2) is 9.13 Å². The maximum absolute atomic E-state index is 2.26. The van der Waals surface area contributed by atoms with E-state index < -0.39 is 0 Å². The molecule has 0 spiro atoms. The largest absolute Gasteiger partial charge is 0.508 e. The van der Waals surface area contributed by atoms with Crippen LogP contribution >= 0.6 is 0 Å². The van der Waals surface area contributed by atoms with Crippen molar-refractivity contribution in [1.82, 2.24) is 14.4 Å². The Bertz CT molecular complexity index is 397. The van der Waals surface area contributed by atoms with Crippen LogP contribution in [-0.4, -0.2) is 20.9 Å². The summed E-state index contributed by atoms with van der Waals surface area (Å²) >= 11 is 0. The van der Waals surface area contributed by atoms with Gasteiger partial charge in [-0.05, 0) is 31.8 Å². The van der Waals surface area contributed by atoms with Gasteiger partial charge in [0.1, 0.15) is 19.1 Å². The van der Waals surface area contributed by atoms with Crippen LogP contribution < -0.4 is 4.57 Å². The highest BCUT2D eigenvalue weighted by atomic mass is 15.4. The van der Waals surface area contributed by atoms with Crippen LogP contribution in [0.5, 0.6) is 0 Å². The fourth-order valence-corrected chi connectivity index (χ4v) is 2.18. The zero-order chi connectivity index (χ0) is 13.5. The number of aromatic nitrogens is 2. The van der Waals surface area contributed by atoms with Crippen molar-refractivity contribution in [2.75, 3.05) is 6.54 Å². The van der Waals surface area contributed by atoms with Crippen molar-refractivity contribution in [2.45, 2.75) is 52.7 Å². The molecule has 1 aromatic rings. The fourth-order valence-electron chi connectivity index (χ4n) is 2.18. The minimum absolute atomic E-state index is 0.887. The molecule has 19 heavy (non-hydrogen) atoms. The Morgan fingerprint density at radius 1 is 1.00 bits per heavy atom. The third-order valence-corrected chi connectivity index (χ3v) is 3.36. The summed E-state index contributed by atoms with van der Waals surface area (Å²) in [6, 6.07) is 0. The highest BCUT2D eigenvalue weighted by Crippen LogP contribution is 2.11. The Kier molecular flexibility index (Phi) is 5.31. The van der Waals surface area contributed by atoms with Crippen LogP contribution in [0.25, 0.3) is 0 Å². The first-order valence-corrected chi connectivity index (χ1v) is 7.41. The summed E-state index contributed by atoms with van der Waals surface area (Å²) in [5.74, 6) is 0. The Hall–Kier alpha value is -1.45. The molecule has 0 aromatic carbocycles. The first-order valence-electron chi connectivity index (χ1n) is 7.41. The van der Waals surface area contributed by atoms with Gasteiger partial charge in [-0.2, -0.15) is 6.67 Å². The standard InChI is InChI=1S/C15H26N4/c1-3-5-7-16-9-11-18(13-16)15-19-12-10-17(14-19)8-6-4-2/h9-14H,3-8,15H2,1-2H3. The van der Waals surface area contributed by atoms with Gasteiger partial charge >= 0.3 is 0 Å². The van der Waals surface area contributed by atoms with Gasteiger partial charge in [0.15, 0.2) is 0 Å².